The molecular weight excluding hydrogens is 286 g/mol. The van der Waals surface area contributed by atoms with Crippen LogP contribution in [-0.2, 0) is 16.6 Å². The Morgan fingerprint density at radius 3 is 2.96 bits per heavy atom. The molecule has 5 rings (SSSR count). The smallest absolute Gasteiger partial charge is 0.115 e. The van der Waals surface area contributed by atoms with E-state index in [1.54, 1.807) is 0 Å². The van der Waals surface area contributed by atoms with E-state index < -0.39 is 0 Å². The Morgan fingerprint density at radius 2 is 2.13 bits per heavy atom. The summed E-state index contributed by atoms with van der Waals surface area (Å²) in [6.07, 6.45) is 9.55. The van der Waals surface area contributed by atoms with E-state index in [2.05, 4.69) is 17.0 Å². The van der Waals surface area contributed by atoms with Crippen LogP contribution in [0.25, 0.3) is 0 Å². The lowest BCUT2D eigenvalue weighted by Crippen LogP contribution is -2.62. The van der Waals surface area contributed by atoms with E-state index in [4.69, 9.17) is 4.74 Å². The number of aromatic hydroxyl groups is 1. The van der Waals surface area contributed by atoms with Gasteiger partial charge in [0.1, 0.15) is 5.75 Å². The van der Waals surface area contributed by atoms with Gasteiger partial charge in [0.05, 0.1) is 6.10 Å². The fourth-order valence-electron chi connectivity index (χ4n) is 5.99. The van der Waals surface area contributed by atoms with Crippen molar-refractivity contribution in [3.8, 4) is 5.75 Å². The highest BCUT2D eigenvalue weighted by Crippen LogP contribution is 2.56. The third-order valence-electron chi connectivity index (χ3n) is 7.17. The van der Waals surface area contributed by atoms with Crippen LogP contribution < -0.4 is 0 Å². The molecule has 4 atom stereocenters. The molecule has 0 spiro atoms. The van der Waals surface area contributed by atoms with Crippen LogP contribution in [0, 0.1) is 5.92 Å². The van der Waals surface area contributed by atoms with Crippen LogP contribution in [0.15, 0.2) is 18.2 Å². The number of fused-ring (bicyclic) bond motifs is 1. The standard InChI is InChI=1S/C20H27NO2/c22-15-5-4-14-11-19-17-3-1-2-7-20(17,18(14)12-15)8-9-21(19)13-16-6-10-23-16/h4-5,12,16-17,19,22H,1-3,6-11,13H2/t16?,17-,19+,20+/m0/s1. The van der Waals surface area contributed by atoms with Crippen LogP contribution in [-0.4, -0.2) is 41.8 Å². The first kappa shape index (κ1) is 14.3. The number of phenols is 1. The maximum atomic E-state index is 10.1. The average Bonchev–Trinajstić information content (AvgIpc) is 2.53. The maximum absolute atomic E-state index is 10.1. The van der Waals surface area contributed by atoms with Gasteiger partial charge in [-0.25, -0.2) is 0 Å². The monoisotopic (exact) mass is 313 g/mol. The van der Waals surface area contributed by atoms with E-state index >= 15 is 0 Å². The lowest BCUT2D eigenvalue weighted by Gasteiger charge is -2.59. The second-order valence-corrected chi connectivity index (χ2v) is 8.15. The van der Waals surface area contributed by atoms with Crippen molar-refractivity contribution in [3.63, 3.8) is 0 Å². The van der Waals surface area contributed by atoms with Gasteiger partial charge in [0, 0.05) is 24.6 Å². The van der Waals surface area contributed by atoms with Gasteiger partial charge in [-0.2, -0.15) is 0 Å². The van der Waals surface area contributed by atoms with E-state index in [-0.39, 0.29) is 0 Å². The number of likely N-dealkylation sites (tertiary alicyclic amines) is 1. The van der Waals surface area contributed by atoms with Crippen molar-refractivity contribution >= 4 is 0 Å². The van der Waals surface area contributed by atoms with Crippen molar-refractivity contribution in [2.45, 2.75) is 62.5 Å². The van der Waals surface area contributed by atoms with Crippen LogP contribution >= 0.6 is 0 Å². The molecule has 2 aliphatic carbocycles. The van der Waals surface area contributed by atoms with E-state index in [9.17, 15) is 5.11 Å². The normalized spacial score (nSPS) is 39.2. The Balaban J connectivity index is 1.54. The Hall–Kier alpha value is -1.06. The third-order valence-corrected chi connectivity index (χ3v) is 7.17. The molecule has 124 valence electrons. The molecule has 23 heavy (non-hydrogen) atoms. The summed E-state index contributed by atoms with van der Waals surface area (Å²) in [5.41, 5.74) is 3.31. The zero-order chi connectivity index (χ0) is 15.4. The van der Waals surface area contributed by atoms with Gasteiger partial charge in [0.25, 0.3) is 0 Å². The van der Waals surface area contributed by atoms with Crippen molar-refractivity contribution < 1.29 is 9.84 Å². The van der Waals surface area contributed by atoms with E-state index in [0.29, 0.717) is 23.3 Å². The number of nitrogens with zero attached hydrogens (tertiary/aromatic N) is 1. The topological polar surface area (TPSA) is 32.7 Å². The molecule has 2 heterocycles. The number of piperidine rings is 1. The van der Waals surface area contributed by atoms with Crippen molar-refractivity contribution in [2.75, 3.05) is 19.7 Å². The van der Waals surface area contributed by atoms with Crippen molar-refractivity contribution in [1.82, 2.24) is 4.90 Å². The van der Waals surface area contributed by atoms with Crippen LogP contribution in [0.1, 0.15) is 49.7 Å². The molecule has 3 nitrogen and oxygen atoms in total. The summed E-state index contributed by atoms with van der Waals surface area (Å²) < 4.78 is 5.72. The van der Waals surface area contributed by atoms with Gasteiger partial charge in [-0.15, -0.1) is 0 Å². The highest BCUT2D eigenvalue weighted by Gasteiger charge is 2.54. The predicted octanol–water partition coefficient (Wildman–Crippen LogP) is 3.24. The van der Waals surface area contributed by atoms with Crippen molar-refractivity contribution in [2.24, 2.45) is 5.92 Å². The average molecular weight is 313 g/mol. The van der Waals surface area contributed by atoms with Gasteiger partial charge in [0.2, 0.25) is 0 Å². The molecule has 0 amide bonds. The predicted molar refractivity (Wildman–Crippen MR) is 89.8 cm³/mol. The minimum absolute atomic E-state index is 0.339. The fourth-order valence-corrected chi connectivity index (χ4v) is 5.99. The van der Waals surface area contributed by atoms with Crippen molar-refractivity contribution in [1.29, 1.82) is 0 Å². The molecule has 2 aliphatic heterocycles. The number of hydrogen-bond acceptors (Lipinski definition) is 3. The molecule has 0 aromatic heterocycles. The molecule has 3 heteroatoms. The molecule has 1 aromatic carbocycles. The molecule has 1 aromatic rings. The van der Waals surface area contributed by atoms with E-state index in [0.717, 1.165) is 25.5 Å². The largest absolute Gasteiger partial charge is 0.508 e. The molecule has 4 aliphatic rings. The molecular formula is C20H27NO2. The first-order valence-electron chi connectivity index (χ1n) is 9.44. The van der Waals surface area contributed by atoms with Gasteiger partial charge in [0.15, 0.2) is 0 Å². The number of ether oxygens (including phenoxy) is 1. The van der Waals surface area contributed by atoms with Gasteiger partial charge >= 0.3 is 0 Å². The summed E-state index contributed by atoms with van der Waals surface area (Å²) in [4.78, 5) is 2.74. The van der Waals surface area contributed by atoms with Crippen LogP contribution in [0.2, 0.25) is 0 Å². The quantitative estimate of drug-likeness (QED) is 0.910. The molecule has 2 saturated heterocycles. The lowest BCUT2D eigenvalue weighted by molar-refractivity contribution is -0.0947. The summed E-state index contributed by atoms with van der Waals surface area (Å²) in [6, 6.07) is 6.85. The summed E-state index contributed by atoms with van der Waals surface area (Å²) in [6.45, 7) is 3.29. The van der Waals surface area contributed by atoms with E-state index in [1.807, 2.05) is 6.07 Å². The van der Waals surface area contributed by atoms with Crippen LogP contribution in [0.5, 0.6) is 5.75 Å². The van der Waals surface area contributed by atoms with Gasteiger partial charge in [-0.3, -0.25) is 4.90 Å². The number of rotatable bonds is 2. The fraction of sp³-hybridized carbons (Fsp3) is 0.700. The third kappa shape index (κ3) is 2.09. The summed E-state index contributed by atoms with van der Waals surface area (Å²) >= 11 is 0. The molecule has 3 fully saturated rings. The highest BCUT2D eigenvalue weighted by atomic mass is 16.5. The zero-order valence-corrected chi connectivity index (χ0v) is 13.8. The summed E-state index contributed by atoms with van der Waals surface area (Å²) in [7, 11) is 0. The number of phenolic OH excluding ortho intramolecular Hbond substituents is 1. The minimum Gasteiger partial charge on any atom is -0.508 e. The first-order valence-corrected chi connectivity index (χ1v) is 9.44. The summed E-state index contributed by atoms with van der Waals surface area (Å²) in [5.74, 6) is 1.23. The van der Waals surface area contributed by atoms with Gasteiger partial charge < -0.3 is 9.84 Å². The maximum Gasteiger partial charge on any atom is 0.115 e. The molecule has 2 bridgehead atoms. The second kappa shape index (κ2) is 5.22. The van der Waals surface area contributed by atoms with E-state index in [1.165, 1.54) is 56.2 Å². The molecule has 0 radical (unpaired) electrons. The minimum atomic E-state index is 0.339. The molecule has 1 unspecified atom stereocenters. The lowest BCUT2D eigenvalue weighted by atomic mass is 9.52. The zero-order valence-electron chi connectivity index (χ0n) is 13.8. The Kier molecular flexibility index (Phi) is 3.24. The Labute approximate surface area is 138 Å². The van der Waals surface area contributed by atoms with Gasteiger partial charge in [-0.1, -0.05) is 18.9 Å². The Bertz CT molecular complexity index is 612. The van der Waals surface area contributed by atoms with Gasteiger partial charge in [-0.05, 0) is 67.8 Å². The molecule has 1 N–H and O–H groups in total. The second-order valence-electron chi connectivity index (χ2n) is 8.15. The first-order chi connectivity index (χ1) is 11.3. The molecule has 1 saturated carbocycles. The van der Waals surface area contributed by atoms with Crippen molar-refractivity contribution in [3.05, 3.63) is 29.3 Å². The van der Waals surface area contributed by atoms with Crippen LogP contribution in [0.4, 0.5) is 0 Å². The summed E-state index contributed by atoms with van der Waals surface area (Å²) in [5, 5.41) is 10.1. The Morgan fingerprint density at radius 1 is 1.22 bits per heavy atom. The number of benzene rings is 1. The van der Waals surface area contributed by atoms with Crippen LogP contribution in [0.3, 0.4) is 0 Å². The number of hydrogen-bond donors (Lipinski definition) is 1. The highest BCUT2D eigenvalue weighted by molar-refractivity contribution is 5.45. The SMILES string of the molecule is Oc1ccc2c(c1)[C@@]13CCCC[C@H]1[C@@H](C2)N(CC1CCO1)CC3.